The van der Waals surface area contributed by atoms with Gasteiger partial charge in [-0.25, -0.2) is 8.42 Å². The zero-order chi connectivity index (χ0) is 15.5. The molecule has 0 bridgehead atoms. The summed E-state index contributed by atoms with van der Waals surface area (Å²) in [6.45, 7) is 0. The molecule has 0 saturated carbocycles. The average molecular weight is 370 g/mol. The second-order valence-electron chi connectivity index (χ2n) is 4.43. The van der Waals surface area contributed by atoms with Gasteiger partial charge in [0.05, 0.1) is 16.2 Å². The van der Waals surface area contributed by atoms with E-state index in [1.165, 1.54) is 12.1 Å². The van der Waals surface area contributed by atoms with Crippen LogP contribution in [-0.2, 0) is 19.4 Å². The third-order valence-electron chi connectivity index (χ3n) is 2.98. The minimum Gasteiger partial charge on any atom is -0.262 e. The van der Waals surface area contributed by atoms with Gasteiger partial charge in [-0.3, -0.25) is 10.1 Å². The van der Waals surface area contributed by atoms with E-state index in [9.17, 15) is 18.5 Å². The fraction of sp³-hybridized carbons (Fsp3) is 0.143. The lowest BCUT2D eigenvalue weighted by molar-refractivity contribution is -0.515. The zero-order valence-corrected chi connectivity index (χ0v) is 13.2. The second-order valence-corrected chi connectivity index (χ2v) is 8.21. The highest BCUT2D eigenvalue weighted by Gasteiger charge is 2.55. The normalized spacial score (nSPS) is 14.3. The largest absolute Gasteiger partial charge is 0.396 e. The van der Waals surface area contributed by atoms with E-state index < -0.39 is 24.3 Å². The van der Waals surface area contributed by atoms with Crippen molar-refractivity contribution in [2.75, 3.05) is 0 Å². The van der Waals surface area contributed by atoms with Crippen LogP contribution in [0.5, 0.6) is 0 Å². The molecule has 0 saturated heterocycles. The lowest BCUT2D eigenvalue weighted by atomic mass is 10.2. The van der Waals surface area contributed by atoms with Gasteiger partial charge in [-0.15, -0.1) is 0 Å². The molecule has 110 valence electrons. The van der Waals surface area contributed by atoms with Gasteiger partial charge in [-0.05, 0) is 17.7 Å². The van der Waals surface area contributed by atoms with Crippen LogP contribution in [0, 0.1) is 10.1 Å². The van der Waals surface area contributed by atoms with Crippen LogP contribution in [0.3, 0.4) is 0 Å². The summed E-state index contributed by atoms with van der Waals surface area (Å²) in [5, 5.41) is 11.4. The first kappa shape index (κ1) is 15.7. The van der Waals surface area contributed by atoms with E-state index in [-0.39, 0.29) is 5.56 Å². The number of hydrogen-bond donors (Lipinski definition) is 0. The van der Waals surface area contributed by atoms with Gasteiger partial charge >= 0.3 is 3.78 Å². The van der Waals surface area contributed by atoms with Crippen LogP contribution in [-0.4, -0.2) is 13.3 Å². The molecule has 1 unspecified atom stereocenters. The van der Waals surface area contributed by atoms with Gasteiger partial charge in [-0.2, -0.15) is 0 Å². The van der Waals surface area contributed by atoms with Crippen LogP contribution in [0.2, 0.25) is 0 Å². The van der Waals surface area contributed by atoms with Crippen LogP contribution >= 0.6 is 15.9 Å². The average Bonchev–Trinajstić information content (AvgIpc) is 2.47. The molecule has 21 heavy (non-hydrogen) atoms. The van der Waals surface area contributed by atoms with E-state index in [1.54, 1.807) is 48.5 Å². The molecule has 1 atom stereocenters. The summed E-state index contributed by atoms with van der Waals surface area (Å²) in [5.74, 6) is -0.422. The van der Waals surface area contributed by atoms with E-state index >= 15 is 0 Å². The predicted octanol–water partition coefficient (Wildman–Crippen LogP) is 3.08. The fourth-order valence-electron chi connectivity index (χ4n) is 1.93. The van der Waals surface area contributed by atoms with Crippen LogP contribution in [0.15, 0.2) is 60.7 Å². The summed E-state index contributed by atoms with van der Waals surface area (Å²) in [6, 6.07) is 16.0. The number of benzene rings is 2. The molecule has 2 aromatic rings. The molecule has 2 rings (SSSR count). The number of nitro groups is 1. The minimum absolute atomic E-state index is 0.0749. The van der Waals surface area contributed by atoms with Crippen molar-refractivity contribution in [3.05, 3.63) is 81.9 Å². The third-order valence-corrected chi connectivity index (χ3v) is 7.13. The highest BCUT2D eigenvalue weighted by molar-refractivity contribution is 9.11. The third kappa shape index (κ3) is 2.98. The van der Waals surface area contributed by atoms with Crippen molar-refractivity contribution in [2.24, 2.45) is 0 Å². The second kappa shape index (κ2) is 5.95. The lowest BCUT2D eigenvalue weighted by Crippen LogP contribution is -2.38. The van der Waals surface area contributed by atoms with Crippen molar-refractivity contribution in [1.82, 2.24) is 0 Å². The Kier molecular flexibility index (Phi) is 4.43. The van der Waals surface area contributed by atoms with E-state index in [0.29, 0.717) is 5.56 Å². The monoisotopic (exact) mass is 369 g/mol. The Morgan fingerprint density at radius 1 is 1.00 bits per heavy atom. The molecule has 0 spiro atoms. The van der Waals surface area contributed by atoms with Gasteiger partial charge in [0.15, 0.2) is 0 Å². The Bertz CT molecular complexity index is 734. The number of alkyl halides is 1. The SMILES string of the molecule is O=[N+]([O-])C(Br)(c1ccccc1)S(=O)(=O)Cc1ccccc1. The van der Waals surface area contributed by atoms with Gasteiger partial charge < -0.3 is 0 Å². The maximum absolute atomic E-state index is 12.6. The molecule has 0 N–H and O–H groups in total. The standard InChI is InChI=1S/C14H12BrNO4S/c15-14(16(17)18,13-9-5-2-6-10-13)21(19,20)11-12-7-3-1-4-8-12/h1-10H,11H2. The lowest BCUT2D eigenvalue weighted by Gasteiger charge is -2.19. The molecule has 0 aliphatic heterocycles. The topological polar surface area (TPSA) is 77.3 Å². The summed E-state index contributed by atoms with van der Waals surface area (Å²) < 4.78 is 22.8. The van der Waals surface area contributed by atoms with Crippen LogP contribution in [0.25, 0.3) is 0 Å². The van der Waals surface area contributed by atoms with Crippen molar-refractivity contribution in [1.29, 1.82) is 0 Å². The first-order chi connectivity index (χ1) is 9.88. The van der Waals surface area contributed by atoms with E-state index in [0.717, 1.165) is 0 Å². The Labute approximate surface area is 130 Å². The maximum atomic E-state index is 12.6. The van der Waals surface area contributed by atoms with Gasteiger partial charge in [0.1, 0.15) is 0 Å². The van der Waals surface area contributed by atoms with Crippen LogP contribution < -0.4 is 0 Å². The maximum Gasteiger partial charge on any atom is 0.396 e. The fourth-order valence-corrected chi connectivity index (χ4v) is 4.08. The minimum atomic E-state index is -4.11. The molecule has 7 heteroatoms. The molecule has 0 aromatic heterocycles. The summed E-state index contributed by atoms with van der Waals surface area (Å²) in [5.41, 5.74) is 0.574. The van der Waals surface area contributed by atoms with Crippen molar-refractivity contribution in [3.8, 4) is 0 Å². The molecule has 2 aromatic carbocycles. The summed E-state index contributed by atoms with van der Waals surface area (Å²) >= 11 is 2.85. The summed E-state index contributed by atoms with van der Waals surface area (Å²) in [7, 11) is -4.11. The molecule has 0 radical (unpaired) electrons. The van der Waals surface area contributed by atoms with Gasteiger partial charge in [0.2, 0.25) is 9.84 Å². The van der Waals surface area contributed by atoms with Gasteiger partial charge in [0.25, 0.3) is 0 Å². The number of halogens is 1. The van der Waals surface area contributed by atoms with Crippen LogP contribution in [0.1, 0.15) is 11.1 Å². The highest BCUT2D eigenvalue weighted by atomic mass is 79.9. The number of rotatable bonds is 5. The molecule has 0 aliphatic rings. The van der Waals surface area contributed by atoms with Crippen molar-refractivity contribution < 1.29 is 13.3 Å². The van der Waals surface area contributed by atoms with E-state index in [4.69, 9.17) is 0 Å². The number of nitrogens with zero attached hydrogens (tertiary/aromatic N) is 1. The molecular formula is C14H12BrNO4S. The molecular weight excluding hydrogens is 358 g/mol. The number of sulfone groups is 1. The Hall–Kier alpha value is -1.73. The van der Waals surface area contributed by atoms with E-state index in [1.807, 2.05) is 0 Å². The predicted molar refractivity (Wildman–Crippen MR) is 83.1 cm³/mol. The quantitative estimate of drug-likeness (QED) is 0.351. The Balaban J connectivity index is 2.50. The summed E-state index contributed by atoms with van der Waals surface area (Å²) in [4.78, 5) is 10.6. The first-order valence-electron chi connectivity index (χ1n) is 6.03. The molecule has 5 nitrogen and oxygen atoms in total. The smallest absolute Gasteiger partial charge is 0.262 e. The van der Waals surface area contributed by atoms with Crippen molar-refractivity contribution in [3.63, 3.8) is 0 Å². The summed E-state index contributed by atoms with van der Waals surface area (Å²) in [6.07, 6.45) is 0. The zero-order valence-electron chi connectivity index (χ0n) is 10.8. The number of hydrogen-bond acceptors (Lipinski definition) is 4. The van der Waals surface area contributed by atoms with Gasteiger partial charge in [0, 0.05) is 15.9 Å². The molecule has 0 fully saturated rings. The Morgan fingerprint density at radius 3 is 1.95 bits per heavy atom. The van der Waals surface area contributed by atoms with Crippen molar-refractivity contribution in [2.45, 2.75) is 9.53 Å². The van der Waals surface area contributed by atoms with Crippen molar-refractivity contribution >= 4 is 25.8 Å². The van der Waals surface area contributed by atoms with Crippen LogP contribution in [0.4, 0.5) is 0 Å². The van der Waals surface area contributed by atoms with Gasteiger partial charge in [-0.1, -0.05) is 48.5 Å². The molecule has 0 amide bonds. The Morgan fingerprint density at radius 2 is 1.48 bits per heavy atom. The first-order valence-corrected chi connectivity index (χ1v) is 8.47. The highest BCUT2D eigenvalue weighted by Crippen LogP contribution is 2.39. The molecule has 0 heterocycles. The molecule has 0 aliphatic carbocycles. The van der Waals surface area contributed by atoms with E-state index in [2.05, 4.69) is 15.9 Å².